The van der Waals surface area contributed by atoms with Gasteiger partial charge in [-0.1, -0.05) is 6.07 Å². The third-order valence-electron chi connectivity index (χ3n) is 4.36. The van der Waals surface area contributed by atoms with Crippen LogP contribution in [0.2, 0.25) is 0 Å². The summed E-state index contributed by atoms with van der Waals surface area (Å²) in [7, 11) is 0. The van der Waals surface area contributed by atoms with Crippen LogP contribution in [-0.4, -0.2) is 25.3 Å². The minimum Gasteiger partial charge on any atom is -0.377 e. The number of anilines is 1. The highest BCUT2D eigenvalue weighted by Gasteiger charge is 2.37. The molecule has 17 heavy (non-hydrogen) atoms. The Morgan fingerprint density at radius 1 is 1.06 bits per heavy atom. The monoisotopic (exact) mass is 230 g/mol. The van der Waals surface area contributed by atoms with Crippen LogP contribution in [0.4, 0.5) is 5.69 Å². The summed E-state index contributed by atoms with van der Waals surface area (Å²) in [5.41, 5.74) is 4.35. The van der Waals surface area contributed by atoms with Crippen LogP contribution in [0.1, 0.15) is 24.0 Å². The molecule has 3 aliphatic heterocycles. The molecule has 0 amide bonds. The number of hydrogen-bond donors (Lipinski definition) is 1. The van der Waals surface area contributed by atoms with Gasteiger partial charge >= 0.3 is 0 Å². The minimum atomic E-state index is 0.612. The second-order valence-corrected chi connectivity index (χ2v) is 5.39. The Bertz CT molecular complexity index is 430. The van der Waals surface area contributed by atoms with Gasteiger partial charge in [0.2, 0.25) is 0 Å². The van der Waals surface area contributed by atoms with Crippen LogP contribution in [0, 0.1) is 0 Å². The van der Waals surface area contributed by atoms with Gasteiger partial charge in [-0.15, -0.1) is 0 Å². The number of rotatable bonds is 1. The molecule has 2 unspecified atom stereocenters. The lowest BCUT2D eigenvalue weighted by atomic mass is 10.1. The molecule has 2 fully saturated rings. The number of ether oxygens (including phenoxy) is 1. The molecule has 90 valence electrons. The van der Waals surface area contributed by atoms with E-state index in [1.807, 2.05) is 0 Å². The lowest BCUT2D eigenvalue weighted by Gasteiger charge is -2.36. The Kier molecular flexibility index (Phi) is 2.17. The zero-order valence-corrected chi connectivity index (χ0v) is 9.98. The van der Waals surface area contributed by atoms with Crippen molar-refractivity contribution in [2.75, 3.05) is 18.1 Å². The fraction of sp³-hybridized carbons (Fsp3) is 0.571. The van der Waals surface area contributed by atoms with Crippen molar-refractivity contribution < 1.29 is 4.74 Å². The van der Waals surface area contributed by atoms with Gasteiger partial charge in [0.25, 0.3) is 0 Å². The van der Waals surface area contributed by atoms with E-state index in [2.05, 4.69) is 28.4 Å². The topological polar surface area (TPSA) is 24.5 Å². The van der Waals surface area contributed by atoms with Crippen molar-refractivity contribution in [2.45, 2.75) is 38.0 Å². The number of nitrogens with zero attached hydrogens (tertiary/aromatic N) is 1. The van der Waals surface area contributed by atoms with E-state index in [9.17, 15) is 0 Å². The van der Waals surface area contributed by atoms with Crippen LogP contribution in [-0.2, 0) is 17.8 Å². The summed E-state index contributed by atoms with van der Waals surface area (Å²) in [5.74, 6) is 0. The van der Waals surface area contributed by atoms with Crippen molar-refractivity contribution >= 4 is 5.69 Å². The molecule has 2 atom stereocenters. The number of nitrogens with one attached hydrogen (secondary N) is 1. The molecule has 0 saturated carbocycles. The van der Waals surface area contributed by atoms with Crippen LogP contribution in [0.3, 0.4) is 0 Å². The van der Waals surface area contributed by atoms with Crippen molar-refractivity contribution in [1.29, 1.82) is 0 Å². The van der Waals surface area contributed by atoms with Gasteiger partial charge < -0.3 is 15.0 Å². The third kappa shape index (κ3) is 1.49. The number of benzene rings is 1. The largest absolute Gasteiger partial charge is 0.377 e. The molecule has 3 aliphatic rings. The fourth-order valence-electron chi connectivity index (χ4n) is 3.49. The highest BCUT2D eigenvalue weighted by atomic mass is 16.5. The molecule has 3 heterocycles. The molecular formula is C14H18N2O. The molecule has 1 aromatic carbocycles. The second-order valence-electron chi connectivity index (χ2n) is 5.39. The number of fused-ring (bicyclic) bond motifs is 3. The van der Waals surface area contributed by atoms with E-state index in [0.717, 1.165) is 26.3 Å². The van der Waals surface area contributed by atoms with Crippen LogP contribution in [0.25, 0.3) is 0 Å². The van der Waals surface area contributed by atoms with E-state index >= 15 is 0 Å². The predicted molar refractivity (Wildman–Crippen MR) is 67.1 cm³/mol. The predicted octanol–water partition coefficient (Wildman–Crippen LogP) is 1.66. The first-order valence-electron chi connectivity index (χ1n) is 6.60. The SMILES string of the molecule is c1cc2c(cc1N1C3CCC1COC3)CNC2. The van der Waals surface area contributed by atoms with Crippen molar-refractivity contribution in [1.82, 2.24) is 5.32 Å². The maximum Gasteiger partial charge on any atom is 0.0671 e. The Balaban J connectivity index is 1.70. The highest BCUT2D eigenvalue weighted by molar-refractivity contribution is 5.54. The molecule has 2 bridgehead atoms. The van der Waals surface area contributed by atoms with Gasteiger partial charge in [0.15, 0.2) is 0 Å². The molecule has 2 saturated heterocycles. The standard InChI is InChI=1S/C14H18N2O/c1-2-12(5-11-7-15-6-10(1)11)16-13-3-4-14(16)9-17-8-13/h1-2,5,13-15H,3-4,6-9H2. The summed E-state index contributed by atoms with van der Waals surface area (Å²) in [6.07, 6.45) is 2.58. The van der Waals surface area contributed by atoms with Crippen molar-refractivity contribution in [3.63, 3.8) is 0 Å². The van der Waals surface area contributed by atoms with Crippen LogP contribution in [0.5, 0.6) is 0 Å². The molecule has 3 heteroatoms. The average molecular weight is 230 g/mol. The maximum atomic E-state index is 5.65. The molecule has 0 radical (unpaired) electrons. The summed E-state index contributed by atoms with van der Waals surface area (Å²) < 4.78 is 5.65. The number of hydrogen-bond acceptors (Lipinski definition) is 3. The molecule has 0 aliphatic carbocycles. The highest BCUT2D eigenvalue weighted by Crippen LogP contribution is 2.35. The lowest BCUT2D eigenvalue weighted by molar-refractivity contribution is 0.0906. The van der Waals surface area contributed by atoms with Crippen LogP contribution >= 0.6 is 0 Å². The molecule has 3 nitrogen and oxygen atoms in total. The normalized spacial score (nSPS) is 30.7. The number of morpholine rings is 1. The van der Waals surface area contributed by atoms with Crippen molar-refractivity contribution in [3.8, 4) is 0 Å². The zero-order chi connectivity index (χ0) is 11.2. The average Bonchev–Trinajstić information content (AvgIpc) is 2.91. The summed E-state index contributed by atoms with van der Waals surface area (Å²) in [5, 5.41) is 3.41. The van der Waals surface area contributed by atoms with Gasteiger partial charge in [0.1, 0.15) is 0 Å². The third-order valence-corrected chi connectivity index (χ3v) is 4.36. The molecule has 4 rings (SSSR count). The molecule has 1 N–H and O–H groups in total. The first-order valence-corrected chi connectivity index (χ1v) is 6.60. The van der Waals surface area contributed by atoms with E-state index in [0.29, 0.717) is 12.1 Å². The lowest BCUT2D eigenvalue weighted by Crippen LogP contribution is -2.45. The first-order chi connectivity index (χ1) is 8.42. The van der Waals surface area contributed by atoms with Crippen LogP contribution < -0.4 is 10.2 Å². The van der Waals surface area contributed by atoms with Gasteiger partial charge in [-0.25, -0.2) is 0 Å². The van der Waals surface area contributed by atoms with Crippen molar-refractivity contribution in [3.05, 3.63) is 29.3 Å². The van der Waals surface area contributed by atoms with E-state index in [4.69, 9.17) is 4.74 Å². The van der Waals surface area contributed by atoms with E-state index in [-0.39, 0.29) is 0 Å². The van der Waals surface area contributed by atoms with Gasteiger partial charge in [0, 0.05) is 18.8 Å². The minimum absolute atomic E-state index is 0.612. The van der Waals surface area contributed by atoms with Gasteiger partial charge in [-0.05, 0) is 36.1 Å². The zero-order valence-electron chi connectivity index (χ0n) is 9.98. The summed E-state index contributed by atoms with van der Waals surface area (Å²) >= 11 is 0. The quantitative estimate of drug-likeness (QED) is 0.794. The van der Waals surface area contributed by atoms with Gasteiger partial charge in [0.05, 0.1) is 25.3 Å². The summed E-state index contributed by atoms with van der Waals surface area (Å²) in [4.78, 5) is 2.60. The molecule has 1 aromatic rings. The molecule has 0 spiro atoms. The van der Waals surface area contributed by atoms with Crippen molar-refractivity contribution in [2.24, 2.45) is 0 Å². The summed E-state index contributed by atoms with van der Waals surface area (Å²) in [6.45, 7) is 3.88. The maximum absolute atomic E-state index is 5.65. The Morgan fingerprint density at radius 3 is 2.65 bits per heavy atom. The van der Waals surface area contributed by atoms with Gasteiger partial charge in [-0.2, -0.15) is 0 Å². The van der Waals surface area contributed by atoms with Crippen LogP contribution in [0.15, 0.2) is 18.2 Å². The van der Waals surface area contributed by atoms with E-state index in [1.165, 1.54) is 29.7 Å². The Hall–Kier alpha value is -1.06. The Morgan fingerprint density at radius 2 is 1.82 bits per heavy atom. The molecule has 0 aromatic heterocycles. The van der Waals surface area contributed by atoms with E-state index in [1.54, 1.807) is 0 Å². The fourth-order valence-corrected chi connectivity index (χ4v) is 3.49. The smallest absolute Gasteiger partial charge is 0.0671 e. The Labute approximate surface area is 102 Å². The van der Waals surface area contributed by atoms with Gasteiger partial charge in [-0.3, -0.25) is 0 Å². The summed E-state index contributed by atoms with van der Waals surface area (Å²) in [6, 6.07) is 8.19. The first kappa shape index (κ1) is 9.92. The van der Waals surface area contributed by atoms with E-state index < -0.39 is 0 Å². The molecular weight excluding hydrogens is 212 g/mol. The second kappa shape index (κ2) is 3.72.